The highest BCUT2D eigenvalue weighted by molar-refractivity contribution is 5.14. The van der Waals surface area contributed by atoms with Gasteiger partial charge < -0.3 is 5.32 Å². The minimum atomic E-state index is 0.391. The van der Waals surface area contributed by atoms with Crippen molar-refractivity contribution in [1.29, 1.82) is 0 Å². The maximum absolute atomic E-state index is 3.57. The van der Waals surface area contributed by atoms with E-state index in [1.165, 1.54) is 24.8 Å². The van der Waals surface area contributed by atoms with Crippen LogP contribution >= 0.6 is 0 Å². The molecule has 0 aromatic heterocycles. The molecule has 2 rings (SSSR count). The van der Waals surface area contributed by atoms with Crippen LogP contribution in [0.3, 0.4) is 0 Å². The Balaban J connectivity index is 2.07. The summed E-state index contributed by atoms with van der Waals surface area (Å²) in [5, 5.41) is 3.57. The minimum Gasteiger partial charge on any atom is -0.315 e. The number of nitrogens with one attached hydrogen (secondary N) is 1. The molecule has 1 aliphatic carbocycles. The maximum Gasteiger partial charge on any atom is 0.0271 e. The predicted molar refractivity (Wildman–Crippen MR) is 82.2 cm³/mol. The lowest BCUT2D eigenvalue weighted by Gasteiger charge is -2.47. The minimum absolute atomic E-state index is 0.391. The summed E-state index contributed by atoms with van der Waals surface area (Å²) in [6, 6.07) is 12.0. The Hall–Kier alpha value is -0.860. The summed E-state index contributed by atoms with van der Waals surface area (Å²) in [6.45, 7) is 5.84. The van der Waals surface area contributed by atoms with Crippen LogP contribution in [0.5, 0.6) is 0 Å². The van der Waals surface area contributed by atoms with E-state index in [1.54, 1.807) is 0 Å². The highest BCUT2D eigenvalue weighted by Gasteiger charge is 2.39. The number of rotatable bonds is 4. The molecule has 1 aliphatic rings. The fourth-order valence-corrected chi connectivity index (χ4v) is 3.66. The zero-order chi connectivity index (χ0) is 13.9. The number of benzene rings is 1. The van der Waals surface area contributed by atoms with Crippen LogP contribution in [0.2, 0.25) is 0 Å². The van der Waals surface area contributed by atoms with Crippen molar-refractivity contribution in [3.63, 3.8) is 0 Å². The zero-order valence-electron chi connectivity index (χ0n) is 12.8. The number of nitrogens with zero attached hydrogens (tertiary/aromatic N) is 1. The first kappa shape index (κ1) is 14.5. The molecule has 19 heavy (non-hydrogen) atoms. The van der Waals surface area contributed by atoms with E-state index in [0.29, 0.717) is 17.5 Å². The van der Waals surface area contributed by atoms with Crippen LogP contribution < -0.4 is 5.32 Å². The van der Waals surface area contributed by atoms with Gasteiger partial charge in [-0.15, -0.1) is 0 Å². The van der Waals surface area contributed by atoms with E-state index in [1.807, 2.05) is 0 Å². The topological polar surface area (TPSA) is 15.3 Å². The van der Waals surface area contributed by atoms with Gasteiger partial charge in [0, 0.05) is 18.6 Å². The molecule has 0 saturated heterocycles. The van der Waals surface area contributed by atoms with E-state index < -0.39 is 0 Å². The Morgan fingerprint density at radius 3 is 2.58 bits per heavy atom. The molecule has 1 aromatic carbocycles. The zero-order valence-corrected chi connectivity index (χ0v) is 12.8. The standard InChI is InChI=1S/C17H28N2/c1-17(2)12-8-11-15(16(17)18-3)19(4)13-14-9-6-5-7-10-14/h5-7,9-10,15-16,18H,8,11-13H2,1-4H3. The molecule has 1 aromatic rings. The predicted octanol–water partition coefficient (Wildman–Crippen LogP) is 3.29. The van der Waals surface area contributed by atoms with Crippen LogP contribution in [0.15, 0.2) is 30.3 Å². The van der Waals surface area contributed by atoms with E-state index in [0.717, 1.165) is 6.54 Å². The van der Waals surface area contributed by atoms with Crippen molar-refractivity contribution in [3.05, 3.63) is 35.9 Å². The van der Waals surface area contributed by atoms with Crippen molar-refractivity contribution in [2.45, 2.75) is 51.7 Å². The molecule has 0 aliphatic heterocycles. The van der Waals surface area contributed by atoms with Crippen LogP contribution in [-0.2, 0) is 6.54 Å². The molecule has 2 heteroatoms. The molecule has 0 amide bonds. The van der Waals surface area contributed by atoms with Crippen LogP contribution in [0.25, 0.3) is 0 Å². The van der Waals surface area contributed by atoms with Crippen LogP contribution in [0.1, 0.15) is 38.7 Å². The van der Waals surface area contributed by atoms with Crippen molar-refractivity contribution in [2.24, 2.45) is 5.41 Å². The Labute approximate surface area is 118 Å². The molecule has 1 N–H and O–H groups in total. The Morgan fingerprint density at radius 1 is 1.26 bits per heavy atom. The van der Waals surface area contributed by atoms with Gasteiger partial charge in [-0.25, -0.2) is 0 Å². The fraction of sp³-hybridized carbons (Fsp3) is 0.647. The molecule has 0 bridgehead atoms. The fourth-order valence-electron chi connectivity index (χ4n) is 3.66. The molecule has 2 unspecified atom stereocenters. The molecule has 106 valence electrons. The lowest BCUT2D eigenvalue weighted by atomic mass is 9.70. The molecule has 0 spiro atoms. The molecular weight excluding hydrogens is 232 g/mol. The first-order chi connectivity index (χ1) is 9.04. The lowest BCUT2D eigenvalue weighted by Crippen LogP contribution is -2.56. The molecule has 2 atom stereocenters. The van der Waals surface area contributed by atoms with Gasteiger partial charge in [0.2, 0.25) is 0 Å². The average Bonchev–Trinajstić information content (AvgIpc) is 2.38. The van der Waals surface area contributed by atoms with Gasteiger partial charge in [-0.2, -0.15) is 0 Å². The Kier molecular flexibility index (Phi) is 4.64. The van der Waals surface area contributed by atoms with E-state index in [4.69, 9.17) is 0 Å². The number of hydrogen-bond donors (Lipinski definition) is 1. The van der Waals surface area contributed by atoms with E-state index in [-0.39, 0.29) is 0 Å². The summed E-state index contributed by atoms with van der Waals surface area (Å²) in [5.74, 6) is 0. The van der Waals surface area contributed by atoms with Gasteiger partial charge in [0.25, 0.3) is 0 Å². The third-order valence-corrected chi connectivity index (χ3v) is 4.70. The van der Waals surface area contributed by atoms with Crippen LogP contribution in [0, 0.1) is 5.41 Å². The molecule has 0 radical (unpaired) electrons. The average molecular weight is 260 g/mol. The van der Waals surface area contributed by atoms with Gasteiger partial charge in [0.05, 0.1) is 0 Å². The van der Waals surface area contributed by atoms with Gasteiger partial charge in [0.1, 0.15) is 0 Å². The Bertz CT molecular complexity index is 386. The first-order valence-electron chi connectivity index (χ1n) is 7.46. The highest BCUT2D eigenvalue weighted by atomic mass is 15.2. The summed E-state index contributed by atoms with van der Waals surface area (Å²) < 4.78 is 0. The van der Waals surface area contributed by atoms with Crippen molar-refractivity contribution < 1.29 is 0 Å². The summed E-state index contributed by atoms with van der Waals surface area (Å²) in [5.41, 5.74) is 1.80. The quantitative estimate of drug-likeness (QED) is 0.893. The molecule has 1 saturated carbocycles. The van der Waals surface area contributed by atoms with E-state index >= 15 is 0 Å². The smallest absolute Gasteiger partial charge is 0.0271 e. The second-order valence-corrected chi connectivity index (χ2v) is 6.62. The van der Waals surface area contributed by atoms with Crippen LogP contribution in [0.4, 0.5) is 0 Å². The van der Waals surface area contributed by atoms with Gasteiger partial charge in [-0.1, -0.05) is 50.6 Å². The largest absolute Gasteiger partial charge is 0.315 e. The summed E-state index contributed by atoms with van der Waals surface area (Å²) in [4.78, 5) is 2.53. The maximum atomic E-state index is 3.57. The molecule has 2 nitrogen and oxygen atoms in total. The monoisotopic (exact) mass is 260 g/mol. The van der Waals surface area contributed by atoms with Gasteiger partial charge in [0.15, 0.2) is 0 Å². The second kappa shape index (κ2) is 6.06. The lowest BCUT2D eigenvalue weighted by molar-refractivity contribution is 0.0632. The molecule has 0 heterocycles. The summed E-state index contributed by atoms with van der Waals surface area (Å²) in [7, 11) is 4.38. The van der Waals surface area contributed by atoms with Gasteiger partial charge >= 0.3 is 0 Å². The Morgan fingerprint density at radius 2 is 1.95 bits per heavy atom. The van der Waals surface area contributed by atoms with Gasteiger partial charge in [-0.05, 0) is 37.9 Å². The first-order valence-corrected chi connectivity index (χ1v) is 7.46. The normalized spacial score (nSPS) is 26.6. The van der Waals surface area contributed by atoms with E-state index in [2.05, 4.69) is 68.5 Å². The number of hydrogen-bond acceptors (Lipinski definition) is 2. The van der Waals surface area contributed by atoms with Gasteiger partial charge in [-0.3, -0.25) is 4.90 Å². The van der Waals surface area contributed by atoms with Crippen molar-refractivity contribution in [3.8, 4) is 0 Å². The summed E-state index contributed by atoms with van der Waals surface area (Å²) in [6.07, 6.45) is 3.97. The number of likely N-dealkylation sites (N-methyl/N-ethyl adjacent to an activating group) is 2. The third kappa shape index (κ3) is 3.37. The van der Waals surface area contributed by atoms with E-state index in [9.17, 15) is 0 Å². The van der Waals surface area contributed by atoms with Crippen molar-refractivity contribution in [1.82, 2.24) is 10.2 Å². The highest BCUT2D eigenvalue weighted by Crippen LogP contribution is 2.37. The van der Waals surface area contributed by atoms with Crippen LogP contribution in [-0.4, -0.2) is 31.1 Å². The SMILES string of the molecule is CNC1C(N(C)Cc2ccccc2)CCCC1(C)C. The molecule has 1 fully saturated rings. The second-order valence-electron chi connectivity index (χ2n) is 6.62. The third-order valence-electron chi connectivity index (χ3n) is 4.70. The van der Waals surface area contributed by atoms with Crippen molar-refractivity contribution in [2.75, 3.05) is 14.1 Å². The molecular formula is C17H28N2. The van der Waals surface area contributed by atoms with Crippen molar-refractivity contribution >= 4 is 0 Å². The summed E-state index contributed by atoms with van der Waals surface area (Å²) >= 11 is 0.